The van der Waals surface area contributed by atoms with Crippen LogP contribution in [0.2, 0.25) is 0 Å². The van der Waals surface area contributed by atoms with E-state index < -0.39 is 0 Å². The number of nitrogens with two attached hydrogens (primary N) is 1. The third kappa shape index (κ3) is 2.58. The summed E-state index contributed by atoms with van der Waals surface area (Å²) in [6.45, 7) is 4.41. The highest BCUT2D eigenvalue weighted by Gasteiger charge is 2.41. The Morgan fingerprint density at radius 3 is 2.28 bits per heavy atom. The number of carbonyl (C=O) groups is 1. The van der Waals surface area contributed by atoms with Crippen LogP contribution in [0.25, 0.3) is 0 Å². The summed E-state index contributed by atoms with van der Waals surface area (Å²) in [4.78, 5) is 12.8. The van der Waals surface area contributed by atoms with E-state index in [2.05, 4.69) is 13.8 Å². The minimum absolute atomic E-state index is 0.107. The largest absolute Gasteiger partial charge is 0.399 e. The molecule has 1 fully saturated rings. The monoisotopic (exact) mass is 245 g/mol. The van der Waals surface area contributed by atoms with Crippen molar-refractivity contribution in [3.8, 4) is 0 Å². The van der Waals surface area contributed by atoms with Crippen LogP contribution in [-0.2, 0) is 0 Å². The molecule has 0 unspecified atom stereocenters. The summed E-state index contributed by atoms with van der Waals surface area (Å²) in [5.74, 6) is 0.898. The van der Waals surface area contributed by atoms with Crippen LogP contribution in [-0.4, -0.2) is 5.78 Å². The highest BCUT2D eigenvalue weighted by molar-refractivity contribution is 6.00. The quantitative estimate of drug-likeness (QED) is 0.642. The Balaban J connectivity index is 2.26. The lowest BCUT2D eigenvalue weighted by Crippen LogP contribution is -2.29. The second kappa shape index (κ2) is 5.13. The van der Waals surface area contributed by atoms with Gasteiger partial charge in [-0.15, -0.1) is 0 Å². The van der Waals surface area contributed by atoms with E-state index in [9.17, 15) is 4.79 Å². The smallest absolute Gasteiger partial charge is 0.169 e. The SMILES string of the molecule is CC(C)CC1(C(=O)c2ccc(N)cc2)CCCC1. The number of ketones is 1. The predicted octanol–water partition coefficient (Wildman–Crippen LogP) is 4.06. The van der Waals surface area contributed by atoms with Gasteiger partial charge in [-0.1, -0.05) is 26.7 Å². The second-order valence-corrected chi connectivity index (χ2v) is 6.04. The van der Waals surface area contributed by atoms with Gasteiger partial charge >= 0.3 is 0 Å². The molecule has 0 atom stereocenters. The van der Waals surface area contributed by atoms with Gasteiger partial charge in [-0.25, -0.2) is 0 Å². The minimum atomic E-state index is -0.107. The topological polar surface area (TPSA) is 43.1 Å². The molecule has 1 aliphatic rings. The number of hydrogen-bond acceptors (Lipinski definition) is 2. The van der Waals surface area contributed by atoms with Crippen molar-refractivity contribution in [1.82, 2.24) is 0 Å². The summed E-state index contributed by atoms with van der Waals surface area (Å²) in [5.41, 5.74) is 7.12. The Kier molecular flexibility index (Phi) is 3.74. The van der Waals surface area contributed by atoms with E-state index in [-0.39, 0.29) is 5.41 Å². The summed E-state index contributed by atoms with van der Waals surface area (Å²) in [5, 5.41) is 0. The summed E-state index contributed by atoms with van der Waals surface area (Å²) in [6.07, 6.45) is 5.49. The van der Waals surface area contributed by atoms with Crippen LogP contribution in [0.3, 0.4) is 0 Å². The van der Waals surface area contributed by atoms with Crippen molar-refractivity contribution in [2.24, 2.45) is 11.3 Å². The van der Waals surface area contributed by atoms with Gasteiger partial charge in [0.25, 0.3) is 0 Å². The van der Waals surface area contributed by atoms with Crippen LogP contribution in [0.4, 0.5) is 5.69 Å². The van der Waals surface area contributed by atoms with Gasteiger partial charge in [0.15, 0.2) is 5.78 Å². The molecule has 1 saturated carbocycles. The molecule has 0 aliphatic heterocycles. The number of carbonyl (C=O) groups excluding carboxylic acids is 1. The molecule has 2 heteroatoms. The molecular formula is C16H23NO. The van der Waals surface area contributed by atoms with Crippen molar-refractivity contribution in [2.75, 3.05) is 5.73 Å². The van der Waals surface area contributed by atoms with E-state index in [1.165, 1.54) is 12.8 Å². The first kappa shape index (κ1) is 13.1. The van der Waals surface area contributed by atoms with Gasteiger partial charge in [0.05, 0.1) is 0 Å². The van der Waals surface area contributed by atoms with E-state index in [1.807, 2.05) is 24.3 Å². The van der Waals surface area contributed by atoms with Crippen molar-refractivity contribution in [3.05, 3.63) is 29.8 Å². The van der Waals surface area contributed by atoms with Crippen molar-refractivity contribution in [3.63, 3.8) is 0 Å². The lowest BCUT2D eigenvalue weighted by atomic mass is 9.73. The van der Waals surface area contributed by atoms with Gasteiger partial charge in [0.1, 0.15) is 0 Å². The van der Waals surface area contributed by atoms with Crippen LogP contribution >= 0.6 is 0 Å². The molecule has 0 heterocycles. The lowest BCUT2D eigenvalue weighted by molar-refractivity contribution is 0.0760. The molecule has 2 N–H and O–H groups in total. The first-order valence-electron chi connectivity index (χ1n) is 6.94. The number of benzene rings is 1. The Morgan fingerprint density at radius 2 is 1.78 bits per heavy atom. The fourth-order valence-corrected chi connectivity index (χ4v) is 3.30. The molecule has 1 aliphatic carbocycles. The van der Waals surface area contributed by atoms with Crippen LogP contribution in [0.1, 0.15) is 56.3 Å². The molecule has 2 nitrogen and oxygen atoms in total. The Bertz CT molecular complexity index is 413. The number of nitrogen functional groups attached to an aromatic ring is 1. The lowest BCUT2D eigenvalue weighted by Gasteiger charge is -2.29. The molecular weight excluding hydrogens is 222 g/mol. The second-order valence-electron chi connectivity index (χ2n) is 6.04. The van der Waals surface area contributed by atoms with Crippen molar-refractivity contribution in [2.45, 2.75) is 46.0 Å². The van der Waals surface area contributed by atoms with Crippen LogP contribution in [0.5, 0.6) is 0 Å². The molecule has 18 heavy (non-hydrogen) atoms. The van der Waals surface area contributed by atoms with Crippen molar-refractivity contribution in [1.29, 1.82) is 0 Å². The maximum atomic E-state index is 12.8. The van der Waals surface area contributed by atoms with Gasteiger partial charge in [0, 0.05) is 16.7 Å². The average Bonchev–Trinajstić information content (AvgIpc) is 2.78. The Morgan fingerprint density at radius 1 is 1.22 bits per heavy atom. The highest BCUT2D eigenvalue weighted by Crippen LogP contribution is 2.45. The summed E-state index contributed by atoms with van der Waals surface area (Å²) < 4.78 is 0. The van der Waals surface area contributed by atoms with Crippen LogP contribution < -0.4 is 5.73 Å². The standard InChI is InChI=1S/C16H23NO/c1-12(2)11-16(9-3-4-10-16)15(18)13-5-7-14(17)8-6-13/h5-8,12H,3-4,9-11,17H2,1-2H3. The highest BCUT2D eigenvalue weighted by atomic mass is 16.1. The average molecular weight is 245 g/mol. The van der Waals surface area contributed by atoms with E-state index in [0.29, 0.717) is 11.7 Å². The van der Waals surface area contributed by atoms with E-state index in [0.717, 1.165) is 30.5 Å². The molecule has 0 aromatic heterocycles. The van der Waals surface area contributed by atoms with E-state index in [4.69, 9.17) is 5.73 Å². The number of anilines is 1. The minimum Gasteiger partial charge on any atom is -0.399 e. The molecule has 0 bridgehead atoms. The van der Waals surface area contributed by atoms with Gasteiger partial charge in [0.2, 0.25) is 0 Å². The Hall–Kier alpha value is -1.31. The fourth-order valence-electron chi connectivity index (χ4n) is 3.30. The normalized spacial score (nSPS) is 18.2. The number of Topliss-reactive ketones (excluding diaryl/α,β-unsaturated/α-hetero) is 1. The summed E-state index contributed by atoms with van der Waals surface area (Å²) >= 11 is 0. The van der Waals surface area contributed by atoms with E-state index >= 15 is 0 Å². The van der Waals surface area contributed by atoms with Crippen LogP contribution in [0, 0.1) is 11.3 Å². The molecule has 1 aromatic carbocycles. The van der Waals surface area contributed by atoms with Gasteiger partial charge in [-0.3, -0.25) is 4.79 Å². The number of hydrogen-bond donors (Lipinski definition) is 1. The Labute approximate surface area is 110 Å². The fraction of sp³-hybridized carbons (Fsp3) is 0.562. The zero-order chi connectivity index (χ0) is 13.2. The summed E-state index contributed by atoms with van der Waals surface area (Å²) in [6, 6.07) is 7.40. The van der Waals surface area contributed by atoms with E-state index in [1.54, 1.807) is 0 Å². The molecule has 0 saturated heterocycles. The molecule has 0 radical (unpaired) electrons. The maximum Gasteiger partial charge on any atom is 0.169 e. The maximum absolute atomic E-state index is 12.8. The van der Waals surface area contributed by atoms with Crippen LogP contribution in [0.15, 0.2) is 24.3 Å². The number of rotatable bonds is 4. The molecule has 98 valence electrons. The van der Waals surface area contributed by atoms with Crippen molar-refractivity contribution < 1.29 is 4.79 Å². The third-order valence-corrected chi connectivity index (χ3v) is 4.01. The first-order valence-corrected chi connectivity index (χ1v) is 6.94. The van der Waals surface area contributed by atoms with Gasteiger partial charge in [-0.2, -0.15) is 0 Å². The van der Waals surface area contributed by atoms with Crippen molar-refractivity contribution >= 4 is 11.5 Å². The van der Waals surface area contributed by atoms with Gasteiger partial charge in [-0.05, 0) is 49.4 Å². The molecule has 0 amide bonds. The zero-order valence-electron chi connectivity index (χ0n) is 11.4. The first-order chi connectivity index (χ1) is 8.53. The third-order valence-electron chi connectivity index (χ3n) is 4.01. The predicted molar refractivity (Wildman–Crippen MR) is 75.5 cm³/mol. The van der Waals surface area contributed by atoms with Gasteiger partial charge < -0.3 is 5.73 Å². The molecule has 2 rings (SSSR count). The zero-order valence-corrected chi connectivity index (χ0v) is 11.4. The summed E-state index contributed by atoms with van der Waals surface area (Å²) in [7, 11) is 0. The molecule has 1 aromatic rings. The molecule has 0 spiro atoms.